The van der Waals surface area contributed by atoms with Crippen LogP contribution in [0.2, 0.25) is 0 Å². The Kier molecular flexibility index (Phi) is 3.23. The molecular formula is C9H7ClF2. The summed E-state index contributed by atoms with van der Waals surface area (Å²) in [6.45, 7) is 0. The van der Waals surface area contributed by atoms with Crippen molar-refractivity contribution in [3.63, 3.8) is 0 Å². The minimum Gasteiger partial charge on any atom is -0.207 e. The summed E-state index contributed by atoms with van der Waals surface area (Å²) < 4.78 is 24.6. The number of hydrogen-bond acceptors (Lipinski definition) is 0. The lowest BCUT2D eigenvalue weighted by molar-refractivity contribution is 0.551. The molecule has 0 saturated carbocycles. The van der Waals surface area contributed by atoms with Crippen LogP contribution in [-0.4, -0.2) is 0 Å². The summed E-state index contributed by atoms with van der Waals surface area (Å²) in [7, 11) is 0. The van der Waals surface area contributed by atoms with Crippen LogP contribution >= 0.6 is 11.6 Å². The van der Waals surface area contributed by atoms with Crippen LogP contribution < -0.4 is 0 Å². The summed E-state index contributed by atoms with van der Waals surface area (Å²) in [5.41, 5.74) is 0.700. The van der Waals surface area contributed by atoms with Crippen LogP contribution in [0.3, 0.4) is 0 Å². The number of halogens is 3. The van der Waals surface area contributed by atoms with Gasteiger partial charge in [-0.25, -0.2) is 4.39 Å². The standard InChI is InChI=1S/C9H7ClF2/c10-9(12)8(11)6-7-4-2-1-3-5-7/h1-5H,6H2/b9-8-. The zero-order chi connectivity index (χ0) is 8.97. The molecule has 0 aliphatic rings. The van der Waals surface area contributed by atoms with Crippen molar-refractivity contribution in [3.05, 3.63) is 47.0 Å². The first kappa shape index (κ1) is 9.20. The largest absolute Gasteiger partial charge is 0.220 e. The van der Waals surface area contributed by atoms with Gasteiger partial charge in [0.1, 0.15) is 0 Å². The van der Waals surface area contributed by atoms with Crippen LogP contribution in [-0.2, 0) is 6.42 Å². The highest BCUT2D eigenvalue weighted by Gasteiger charge is 2.03. The Bertz CT molecular complexity index is 276. The van der Waals surface area contributed by atoms with Crippen molar-refractivity contribution in [2.75, 3.05) is 0 Å². The molecule has 0 aliphatic heterocycles. The van der Waals surface area contributed by atoms with Crippen molar-refractivity contribution in [1.29, 1.82) is 0 Å². The predicted octanol–water partition coefficient (Wildman–Crippen LogP) is 3.58. The van der Waals surface area contributed by atoms with Gasteiger partial charge < -0.3 is 0 Å². The first-order valence-corrected chi connectivity index (χ1v) is 3.81. The van der Waals surface area contributed by atoms with Crippen molar-refractivity contribution in [2.45, 2.75) is 6.42 Å². The third-order valence-electron chi connectivity index (χ3n) is 1.41. The minimum absolute atomic E-state index is 0.0871. The third-order valence-corrected chi connectivity index (χ3v) is 1.61. The molecule has 0 aromatic heterocycles. The van der Waals surface area contributed by atoms with E-state index in [2.05, 4.69) is 0 Å². The fraction of sp³-hybridized carbons (Fsp3) is 0.111. The molecule has 0 unspecified atom stereocenters. The van der Waals surface area contributed by atoms with Crippen LogP contribution in [0.1, 0.15) is 5.56 Å². The van der Waals surface area contributed by atoms with E-state index in [1.165, 1.54) is 0 Å². The highest BCUT2D eigenvalue weighted by molar-refractivity contribution is 6.28. The lowest BCUT2D eigenvalue weighted by Gasteiger charge is -1.96. The maximum absolute atomic E-state index is 12.6. The van der Waals surface area contributed by atoms with Gasteiger partial charge in [-0.1, -0.05) is 30.3 Å². The van der Waals surface area contributed by atoms with E-state index in [0.29, 0.717) is 5.56 Å². The van der Waals surface area contributed by atoms with Gasteiger partial charge in [-0.2, -0.15) is 4.39 Å². The first-order chi connectivity index (χ1) is 5.70. The second-order valence-electron chi connectivity index (χ2n) is 2.33. The Hall–Kier alpha value is -0.890. The second kappa shape index (κ2) is 4.21. The molecule has 12 heavy (non-hydrogen) atoms. The Morgan fingerprint density at radius 3 is 2.25 bits per heavy atom. The van der Waals surface area contributed by atoms with Crippen molar-refractivity contribution in [2.24, 2.45) is 0 Å². The molecule has 3 heteroatoms. The van der Waals surface area contributed by atoms with E-state index in [1.807, 2.05) is 6.07 Å². The van der Waals surface area contributed by atoms with Crippen molar-refractivity contribution >= 4 is 11.6 Å². The van der Waals surface area contributed by atoms with Crippen LogP contribution in [0.25, 0.3) is 0 Å². The van der Waals surface area contributed by atoms with Gasteiger partial charge in [0.05, 0.1) is 0 Å². The van der Waals surface area contributed by atoms with E-state index >= 15 is 0 Å². The van der Waals surface area contributed by atoms with Crippen molar-refractivity contribution in [3.8, 4) is 0 Å². The SMILES string of the molecule is F/C(Cl)=C(\F)Cc1ccccc1. The summed E-state index contributed by atoms with van der Waals surface area (Å²) in [6, 6.07) is 8.74. The molecule has 0 saturated heterocycles. The van der Waals surface area contributed by atoms with Gasteiger partial charge in [0.15, 0.2) is 5.83 Å². The zero-order valence-corrected chi connectivity index (χ0v) is 6.98. The first-order valence-electron chi connectivity index (χ1n) is 3.43. The zero-order valence-electron chi connectivity index (χ0n) is 6.23. The average molecular weight is 189 g/mol. The average Bonchev–Trinajstić information content (AvgIpc) is 2.06. The Morgan fingerprint density at radius 2 is 1.75 bits per heavy atom. The molecule has 0 nitrogen and oxygen atoms in total. The maximum Gasteiger partial charge on any atom is 0.220 e. The van der Waals surface area contributed by atoms with Gasteiger partial charge in [-0.15, -0.1) is 0 Å². The van der Waals surface area contributed by atoms with E-state index in [1.54, 1.807) is 24.3 Å². The molecule has 1 aromatic carbocycles. The van der Waals surface area contributed by atoms with Crippen molar-refractivity contribution < 1.29 is 8.78 Å². The molecule has 0 radical (unpaired) electrons. The maximum atomic E-state index is 12.6. The fourth-order valence-electron chi connectivity index (χ4n) is 0.842. The summed E-state index contributed by atoms with van der Waals surface area (Å²) >= 11 is 4.82. The van der Waals surface area contributed by atoms with E-state index in [4.69, 9.17) is 11.6 Å². The highest BCUT2D eigenvalue weighted by atomic mass is 35.5. The molecule has 0 heterocycles. The molecule has 1 rings (SSSR count). The summed E-state index contributed by atoms with van der Waals surface area (Å²) in [4.78, 5) is 0. The normalized spacial score (nSPS) is 12.6. The Morgan fingerprint density at radius 1 is 1.17 bits per heavy atom. The van der Waals surface area contributed by atoms with E-state index in [9.17, 15) is 8.78 Å². The van der Waals surface area contributed by atoms with Gasteiger partial charge >= 0.3 is 0 Å². The monoisotopic (exact) mass is 188 g/mol. The third kappa shape index (κ3) is 2.62. The molecule has 0 spiro atoms. The van der Waals surface area contributed by atoms with Gasteiger partial charge in [0.2, 0.25) is 5.29 Å². The number of allylic oxidation sites excluding steroid dienone is 1. The molecule has 64 valence electrons. The van der Waals surface area contributed by atoms with Crippen LogP contribution in [0.5, 0.6) is 0 Å². The Labute approximate surface area is 74.5 Å². The molecule has 0 fully saturated rings. The van der Waals surface area contributed by atoms with Crippen LogP contribution in [0, 0.1) is 0 Å². The van der Waals surface area contributed by atoms with Gasteiger partial charge in [0, 0.05) is 6.42 Å². The van der Waals surface area contributed by atoms with Crippen molar-refractivity contribution in [1.82, 2.24) is 0 Å². The quantitative estimate of drug-likeness (QED) is 0.666. The summed E-state index contributed by atoms with van der Waals surface area (Å²) in [6.07, 6.45) is -0.0871. The smallest absolute Gasteiger partial charge is 0.207 e. The predicted molar refractivity (Wildman–Crippen MR) is 45.2 cm³/mol. The van der Waals surface area contributed by atoms with E-state index < -0.39 is 11.1 Å². The fourth-order valence-corrected chi connectivity index (χ4v) is 0.909. The van der Waals surface area contributed by atoms with Gasteiger partial charge in [0.25, 0.3) is 0 Å². The topological polar surface area (TPSA) is 0 Å². The van der Waals surface area contributed by atoms with Gasteiger partial charge in [-0.05, 0) is 17.2 Å². The second-order valence-corrected chi connectivity index (χ2v) is 2.66. The summed E-state index contributed by atoms with van der Waals surface area (Å²) in [5, 5.41) is -1.26. The van der Waals surface area contributed by atoms with Crippen LogP contribution in [0.4, 0.5) is 8.78 Å². The highest BCUT2D eigenvalue weighted by Crippen LogP contribution is 2.16. The number of hydrogen-bond donors (Lipinski definition) is 0. The summed E-state index contributed by atoms with van der Waals surface area (Å²) in [5.74, 6) is -0.928. The van der Waals surface area contributed by atoms with Crippen LogP contribution in [0.15, 0.2) is 41.4 Å². The molecule has 0 bridgehead atoms. The lowest BCUT2D eigenvalue weighted by Crippen LogP contribution is -1.85. The van der Waals surface area contributed by atoms with E-state index in [-0.39, 0.29) is 6.42 Å². The molecule has 0 aliphatic carbocycles. The Balaban J connectivity index is 2.72. The number of benzene rings is 1. The molecule has 0 amide bonds. The minimum atomic E-state index is -1.26. The number of rotatable bonds is 2. The molecular weight excluding hydrogens is 182 g/mol. The molecule has 0 N–H and O–H groups in total. The van der Waals surface area contributed by atoms with E-state index in [0.717, 1.165) is 0 Å². The molecule has 1 aromatic rings. The lowest BCUT2D eigenvalue weighted by atomic mass is 10.1. The molecule has 0 atom stereocenters. The van der Waals surface area contributed by atoms with Gasteiger partial charge in [-0.3, -0.25) is 0 Å².